The third kappa shape index (κ3) is 4.80. The van der Waals surface area contributed by atoms with Crippen LogP contribution in [0.25, 0.3) is 0 Å². The predicted octanol–water partition coefficient (Wildman–Crippen LogP) is 2.25. The smallest absolute Gasteiger partial charge is 0.269 e. The van der Waals surface area contributed by atoms with Crippen LogP contribution in [-0.4, -0.2) is 44.7 Å². The summed E-state index contributed by atoms with van der Waals surface area (Å²) in [4.78, 5) is 24.8. The normalized spacial score (nSPS) is 14.7. The molecule has 0 spiro atoms. The molecule has 160 valence electrons. The molecular formula is C21H25N3O5S. The minimum atomic E-state index is -3.68. The minimum Gasteiger partial charge on any atom is -0.497 e. The minimum absolute atomic E-state index is 0.110. The van der Waals surface area contributed by atoms with E-state index in [1.54, 1.807) is 37.3 Å². The van der Waals surface area contributed by atoms with Crippen LogP contribution in [0.2, 0.25) is 0 Å². The SMILES string of the molecule is COc1ccc(C(=O)NNC(=O)c2ccc(C)c(S(=O)(=O)N3CCCCC3)c2)cc1. The molecular weight excluding hydrogens is 406 g/mol. The number of hydrogen-bond acceptors (Lipinski definition) is 5. The fourth-order valence-corrected chi connectivity index (χ4v) is 5.03. The Hall–Kier alpha value is -2.91. The number of piperidine rings is 1. The van der Waals surface area contributed by atoms with Gasteiger partial charge < -0.3 is 4.74 Å². The molecule has 2 aromatic carbocycles. The van der Waals surface area contributed by atoms with Crippen molar-refractivity contribution in [1.29, 1.82) is 0 Å². The summed E-state index contributed by atoms with van der Waals surface area (Å²) in [6.07, 6.45) is 2.67. The number of nitrogens with zero attached hydrogens (tertiary/aromatic N) is 1. The molecule has 9 heteroatoms. The molecule has 0 radical (unpaired) electrons. The quantitative estimate of drug-likeness (QED) is 0.707. The van der Waals surface area contributed by atoms with Gasteiger partial charge in [0.15, 0.2) is 0 Å². The Kier molecular flexibility index (Phi) is 6.73. The molecule has 0 aromatic heterocycles. The molecule has 1 aliphatic heterocycles. The van der Waals surface area contributed by atoms with Crippen molar-refractivity contribution in [1.82, 2.24) is 15.2 Å². The first-order valence-electron chi connectivity index (χ1n) is 9.68. The highest BCUT2D eigenvalue weighted by molar-refractivity contribution is 7.89. The van der Waals surface area contributed by atoms with Gasteiger partial charge in [-0.3, -0.25) is 20.4 Å². The van der Waals surface area contributed by atoms with E-state index in [0.29, 0.717) is 30.0 Å². The topological polar surface area (TPSA) is 105 Å². The second-order valence-corrected chi connectivity index (χ2v) is 8.99. The van der Waals surface area contributed by atoms with Crippen LogP contribution >= 0.6 is 0 Å². The fraction of sp³-hybridized carbons (Fsp3) is 0.333. The van der Waals surface area contributed by atoms with Gasteiger partial charge in [0.2, 0.25) is 10.0 Å². The fourth-order valence-electron chi connectivity index (χ4n) is 3.26. The first-order chi connectivity index (χ1) is 14.3. The first kappa shape index (κ1) is 21.8. The molecule has 8 nitrogen and oxygen atoms in total. The van der Waals surface area contributed by atoms with Crippen molar-refractivity contribution in [3.05, 3.63) is 59.2 Å². The molecule has 1 aliphatic rings. The monoisotopic (exact) mass is 431 g/mol. The van der Waals surface area contributed by atoms with Crippen LogP contribution in [0.15, 0.2) is 47.4 Å². The number of hydrazine groups is 1. The summed E-state index contributed by atoms with van der Waals surface area (Å²) in [7, 11) is -2.15. The summed E-state index contributed by atoms with van der Waals surface area (Å²) in [6, 6.07) is 10.9. The highest BCUT2D eigenvalue weighted by Gasteiger charge is 2.28. The summed E-state index contributed by atoms with van der Waals surface area (Å²) in [5.74, 6) is -0.496. The molecule has 30 heavy (non-hydrogen) atoms. The summed E-state index contributed by atoms with van der Waals surface area (Å²) in [5.41, 5.74) is 5.71. The number of aryl methyl sites for hydroxylation is 1. The molecule has 2 N–H and O–H groups in total. The number of benzene rings is 2. The van der Waals surface area contributed by atoms with Crippen LogP contribution in [0.1, 0.15) is 45.5 Å². The Labute approximate surface area is 176 Å². The van der Waals surface area contributed by atoms with Gasteiger partial charge >= 0.3 is 0 Å². The lowest BCUT2D eigenvalue weighted by molar-refractivity contribution is 0.0846. The molecule has 0 aliphatic carbocycles. The van der Waals surface area contributed by atoms with Crippen LogP contribution in [0.3, 0.4) is 0 Å². The molecule has 0 bridgehead atoms. The van der Waals surface area contributed by atoms with Gasteiger partial charge in [0.25, 0.3) is 11.8 Å². The van der Waals surface area contributed by atoms with Crippen molar-refractivity contribution >= 4 is 21.8 Å². The van der Waals surface area contributed by atoms with Crippen LogP contribution in [0.4, 0.5) is 0 Å². The summed E-state index contributed by atoms with van der Waals surface area (Å²) >= 11 is 0. The van der Waals surface area contributed by atoms with Crippen LogP contribution in [0.5, 0.6) is 5.75 Å². The second-order valence-electron chi connectivity index (χ2n) is 7.08. The van der Waals surface area contributed by atoms with E-state index in [4.69, 9.17) is 4.74 Å². The maximum atomic E-state index is 13.0. The number of rotatable bonds is 5. The lowest BCUT2D eigenvalue weighted by Crippen LogP contribution is -2.41. The van der Waals surface area contributed by atoms with Crippen molar-refractivity contribution in [2.45, 2.75) is 31.1 Å². The van der Waals surface area contributed by atoms with Crippen LogP contribution < -0.4 is 15.6 Å². The van der Waals surface area contributed by atoms with Crippen molar-refractivity contribution in [3.8, 4) is 5.75 Å². The van der Waals surface area contributed by atoms with Gasteiger partial charge in [0.1, 0.15) is 5.75 Å². The molecule has 0 atom stereocenters. The molecule has 1 fully saturated rings. The number of hydrogen-bond donors (Lipinski definition) is 2. The van der Waals surface area contributed by atoms with Gasteiger partial charge in [-0.25, -0.2) is 8.42 Å². The first-order valence-corrected chi connectivity index (χ1v) is 11.1. The van der Waals surface area contributed by atoms with Crippen molar-refractivity contribution in [2.75, 3.05) is 20.2 Å². The molecule has 2 amide bonds. The molecule has 1 saturated heterocycles. The zero-order valence-corrected chi connectivity index (χ0v) is 17.8. The van der Waals surface area contributed by atoms with Gasteiger partial charge in [-0.15, -0.1) is 0 Å². The molecule has 0 saturated carbocycles. The van der Waals surface area contributed by atoms with Crippen molar-refractivity contribution in [2.24, 2.45) is 0 Å². The average molecular weight is 432 g/mol. The van der Waals surface area contributed by atoms with Crippen molar-refractivity contribution < 1.29 is 22.7 Å². The van der Waals surface area contributed by atoms with Gasteiger partial charge in [0.05, 0.1) is 12.0 Å². The maximum absolute atomic E-state index is 13.0. The molecule has 2 aromatic rings. The van der Waals surface area contributed by atoms with E-state index < -0.39 is 21.8 Å². The second kappa shape index (κ2) is 9.27. The Bertz CT molecular complexity index is 1030. The standard InChI is InChI=1S/C21H25N3O5S/c1-15-6-7-17(14-19(15)30(27,28)24-12-4-3-5-13-24)21(26)23-22-20(25)16-8-10-18(29-2)11-9-16/h6-11,14H,3-5,12-13H2,1-2H3,(H,22,25)(H,23,26). The van der Waals surface area contributed by atoms with Gasteiger partial charge in [-0.05, 0) is 61.7 Å². The number of nitrogens with one attached hydrogen (secondary N) is 2. The lowest BCUT2D eigenvalue weighted by Gasteiger charge is -2.26. The summed E-state index contributed by atoms with van der Waals surface area (Å²) in [5, 5.41) is 0. The predicted molar refractivity (Wildman–Crippen MR) is 112 cm³/mol. The van der Waals surface area contributed by atoms with E-state index in [1.165, 1.54) is 23.5 Å². The number of carbonyl (C=O) groups excluding carboxylic acids is 2. The van der Waals surface area contributed by atoms with Crippen LogP contribution in [0, 0.1) is 6.92 Å². The zero-order chi connectivity index (χ0) is 21.7. The molecule has 0 unspecified atom stereocenters. The zero-order valence-electron chi connectivity index (χ0n) is 17.0. The maximum Gasteiger partial charge on any atom is 0.269 e. The summed E-state index contributed by atoms with van der Waals surface area (Å²) < 4.78 is 32.5. The van der Waals surface area contributed by atoms with E-state index >= 15 is 0 Å². The van der Waals surface area contributed by atoms with E-state index in [0.717, 1.165) is 19.3 Å². The Morgan fingerprint density at radius 3 is 2.07 bits per heavy atom. The number of methoxy groups -OCH3 is 1. The lowest BCUT2D eigenvalue weighted by atomic mass is 10.1. The Balaban J connectivity index is 1.71. The van der Waals surface area contributed by atoms with Gasteiger partial charge in [0, 0.05) is 24.2 Å². The number of amides is 2. The van der Waals surface area contributed by atoms with E-state index in [-0.39, 0.29) is 10.5 Å². The largest absolute Gasteiger partial charge is 0.497 e. The van der Waals surface area contributed by atoms with Crippen molar-refractivity contribution in [3.63, 3.8) is 0 Å². The summed E-state index contributed by atoms with van der Waals surface area (Å²) in [6.45, 7) is 2.66. The number of ether oxygens (including phenoxy) is 1. The highest BCUT2D eigenvalue weighted by Crippen LogP contribution is 2.24. The molecule has 1 heterocycles. The number of sulfonamides is 1. The van der Waals surface area contributed by atoms with Gasteiger partial charge in [-0.1, -0.05) is 12.5 Å². The van der Waals surface area contributed by atoms with Crippen LogP contribution in [-0.2, 0) is 10.0 Å². The van der Waals surface area contributed by atoms with E-state index in [2.05, 4.69) is 10.9 Å². The van der Waals surface area contributed by atoms with E-state index in [1.807, 2.05) is 0 Å². The molecule has 3 rings (SSSR count). The average Bonchev–Trinajstić information content (AvgIpc) is 2.78. The third-order valence-corrected chi connectivity index (χ3v) is 7.07. The Morgan fingerprint density at radius 2 is 1.47 bits per heavy atom. The number of carbonyl (C=O) groups is 2. The third-order valence-electron chi connectivity index (χ3n) is 5.02. The van der Waals surface area contributed by atoms with E-state index in [9.17, 15) is 18.0 Å². The highest BCUT2D eigenvalue weighted by atomic mass is 32.2. The Morgan fingerprint density at radius 1 is 0.900 bits per heavy atom. The van der Waals surface area contributed by atoms with Gasteiger partial charge in [-0.2, -0.15) is 4.31 Å².